The smallest absolute Gasteiger partial charge is 0.390 e. The first-order valence-electron chi connectivity index (χ1n) is 6.90. The van der Waals surface area contributed by atoms with Gasteiger partial charge in [-0.05, 0) is 31.4 Å². The number of likely N-dealkylation sites (tertiary alicyclic amines) is 1. The normalized spacial score (nSPS) is 27.9. The van der Waals surface area contributed by atoms with E-state index in [4.69, 9.17) is 0 Å². The molecule has 0 radical (unpaired) electrons. The third kappa shape index (κ3) is 3.74. The fourth-order valence-electron chi connectivity index (χ4n) is 2.54. The number of rotatable bonds is 2. The molecule has 2 rings (SSSR count). The maximum absolute atomic E-state index is 13.8. The number of hydrogen-bond donors (Lipinski definition) is 1. The summed E-state index contributed by atoms with van der Waals surface area (Å²) in [4.78, 5) is 1.95. The van der Waals surface area contributed by atoms with Crippen LogP contribution in [-0.4, -0.2) is 28.7 Å². The highest BCUT2D eigenvalue weighted by Crippen LogP contribution is 2.31. The number of alkyl halides is 3. The van der Waals surface area contributed by atoms with Crippen molar-refractivity contribution < 1.29 is 22.7 Å². The van der Waals surface area contributed by atoms with Gasteiger partial charge in [0, 0.05) is 25.2 Å². The fourth-order valence-corrected chi connectivity index (χ4v) is 2.54. The summed E-state index contributed by atoms with van der Waals surface area (Å²) in [6.07, 6.45) is -3.96. The van der Waals surface area contributed by atoms with E-state index >= 15 is 0 Å². The second kappa shape index (κ2) is 5.57. The van der Waals surface area contributed by atoms with Gasteiger partial charge in [0.25, 0.3) is 0 Å². The van der Waals surface area contributed by atoms with E-state index in [2.05, 4.69) is 0 Å². The summed E-state index contributed by atoms with van der Waals surface area (Å²) in [5, 5.41) is 10.1. The number of nitrogens with zero attached hydrogens (tertiary/aromatic N) is 1. The van der Waals surface area contributed by atoms with Gasteiger partial charge in [0.15, 0.2) is 0 Å². The van der Waals surface area contributed by atoms with Gasteiger partial charge in [-0.15, -0.1) is 0 Å². The minimum absolute atomic E-state index is 0.0313. The molecule has 1 saturated heterocycles. The van der Waals surface area contributed by atoms with Crippen LogP contribution in [0.25, 0.3) is 0 Å². The Labute approximate surface area is 121 Å². The van der Waals surface area contributed by atoms with E-state index in [1.165, 1.54) is 6.07 Å². The van der Waals surface area contributed by atoms with Crippen molar-refractivity contribution in [3.8, 4) is 0 Å². The molecule has 118 valence electrons. The summed E-state index contributed by atoms with van der Waals surface area (Å²) in [6.45, 7) is 5.12. The van der Waals surface area contributed by atoms with Crippen molar-refractivity contribution in [2.24, 2.45) is 5.92 Å². The lowest BCUT2D eigenvalue weighted by Crippen LogP contribution is -2.48. The lowest BCUT2D eigenvalue weighted by molar-refractivity contribution is -0.137. The average Bonchev–Trinajstić information content (AvgIpc) is 2.35. The Balaban J connectivity index is 2.08. The van der Waals surface area contributed by atoms with E-state index in [0.29, 0.717) is 25.6 Å². The van der Waals surface area contributed by atoms with Gasteiger partial charge in [-0.2, -0.15) is 13.2 Å². The Hall–Kier alpha value is -1.14. The Kier molecular flexibility index (Phi) is 4.31. The van der Waals surface area contributed by atoms with Crippen LogP contribution in [-0.2, 0) is 12.7 Å². The average molecular weight is 305 g/mol. The summed E-state index contributed by atoms with van der Waals surface area (Å²) in [5.74, 6) is -0.807. The second-order valence-corrected chi connectivity index (χ2v) is 6.05. The number of hydrogen-bond acceptors (Lipinski definition) is 2. The van der Waals surface area contributed by atoms with Gasteiger partial charge in [0.05, 0.1) is 11.2 Å². The van der Waals surface area contributed by atoms with Gasteiger partial charge < -0.3 is 5.11 Å². The zero-order valence-corrected chi connectivity index (χ0v) is 12.0. The summed E-state index contributed by atoms with van der Waals surface area (Å²) in [6, 6.07) is 2.64. The van der Waals surface area contributed by atoms with Crippen molar-refractivity contribution in [2.75, 3.05) is 13.1 Å². The number of piperidine rings is 1. The molecule has 1 fully saturated rings. The van der Waals surface area contributed by atoms with Crippen LogP contribution in [0.15, 0.2) is 18.2 Å². The largest absolute Gasteiger partial charge is 0.416 e. The highest BCUT2D eigenvalue weighted by molar-refractivity contribution is 5.26. The molecule has 0 aromatic heterocycles. The topological polar surface area (TPSA) is 23.5 Å². The molecule has 0 saturated carbocycles. The first-order chi connectivity index (χ1) is 9.59. The molecule has 2 nitrogen and oxygen atoms in total. The summed E-state index contributed by atoms with van der Waals surface area (Å²) < 4.78 is 51.3. The molecular formula is C15H19F4NO. The molecular weight excluding hydrogens is 286 g/mol. The van der Waals surface area contributed by atoms with Gasteiger partial charge >= 0.3 is 6.18 Å². The molecule has 1 aromatic carbocycles. The Bertz CT molecular complexity index is 513. The van der Waals surface area contributed by atoms with Crippen LogP contribution in [0.3, 0.4) is 0 Å². The van der Waals surface area contributed by atoms with Crippen molar-refractivity contribution in [1.82, 2.24) is 4.90 Å². The summed E-state index contributed by atoms with van der Waals surface area (Å²) >= 11 is 0. The molecule has 0 spiro atoms. The minimum Gasteiger partial charge on any atom is -0.390 e. The van der Waals surface area contributed by atoms with Crippen molar-refractivity contribution in [3.05, 3.63) is 35.1 Å². The van der Waals surface area contributed by atoms with Crippen LogP contribution >= 0.6 is 0 Å². The van der Waals surface area contributed by atoms with Gasteiger partial charge in [-0.25, -0.2) is 4.39 Å². The van der Waals surface area contributed by atoms with Gasteiger partial charge in [0.1, 0.15) is 5.82 Å². The Morgan fingerprint density at radius 1 is 1.38 bits per heavy atom. The van der Waals surface area contributed by atoms with E-state index in [1.807, 2.05) is 11.8 Å². The molecule has 1 aromatic rings. The minimum atomic E-state index is -4.53. The number of aliphatic hydroxyl groups is 1. The van der Waals surface area contributed by atoms with Crippen LogP contribution in [0.4, 0.5) is 17.6 Å². The van der Waals surface area contributed by atoms with E-state index in [1.54, 1.807) is 6.92 Å². The monoisotopic (exact) mass is 305 g/mol. The van der Waals surface area contributed by atoms with Crippen LogP contribution in [0.5, 0.6) is 0 Å². The Morgan fingerprint density at radius 2 is 2.05 bits per heavy atom. The lowest BCUT2D eigenvalue weighted by Gasteiger charge is -2.41. The number of benzene rings is 1. The molecule has 1 heterocycles. The maximum atomic E-state index is 13.8. The molecule has 6 heteroatoms. The zero-order chi connectivity index (χ0) is 15.8. The van der Waals surface area contributed by atoms with E-state index < -0.39 is 23.2 Å². The van der Waals surface area contributed by atoms with Crippen LogP contribution in [0, 0.1) is 11.7 Å². The molecule has 0 aliphatic carbocycles. The molecule has 1 aliphatic rings. The van der Waals surface area contributed by atoms with Crippen LogP contribution in [0.2, 0.25) is 0 Å². The van der Waals surface area contributed by atoms with E-state index in [9.17, 15) is 22.7 Å². The third-order valence-corrected chi connectivity index (χ3v) is 4.30. The third-order valence-electron chi connectivity index (χ3n) is 4.30. The molecule has 0 amide bonds. The standard InChI is InChI=1S/C15H19F4NO/c1-10-8-20(6-5-14(10,2)21)9-11-3-4-12(7-13(11)16)15(17,18)19/h3-4,7,10,21H,5-6,8-9H2,1-2H3/t10-,14+/m0/s1. The van der Waals surface area contributed by atoms with Crippen LogP contribution < -0.4 is 0 Å². The summed E-state index contributed by atoms with van der Waals surface area (Å²) in [7, 11) is 0. The first kappa shape index (κ1) is 16.2. The van der Waals surface area contributed by atoms with Crippen molar-refractivity contribution >= 4 is 0 Å². The van der Waals surface area contributed by atoms with E-state index in [0.717, 1.165) is 6.07 Å². The zero-order valence-electron chi connectivity index (χ0n) is 12.0. The lowest BCUT2D eigenvalue weighted by atomic mass is 9.84. The second-order valence-electron chi connectivity index (χ2n) is 6.05. The predicted octanol–water partition coefficient (Wildman–Crippen LogP) is 3.44. The highest BCUT2D eigenvalue weighted by Gasteiger charge is 2.35. The molecule has 0 bridgehead atoms. The van der Waals surface area contributed by atoms with Crippen molar-refractivity contribution in [3.63, 3.8) is 0 Å². The first-order valence-corrected chi connectivity index (χ1v) is 6.90. The number of halogens is 4. The van der Waals surface area contributed by atoms with Gasteiger partial charge in [-0.3, -0.25) is 4.90 Å². The Morgan fingerprint density at radius 3 is 2.57 bits per heavy atom. The van der Waals surface area contributed by atoms with Gasteiger partial charge in [-0.1, -0.05) is 13.0 Å². The molecule has 1 aliphatic heterocycles. The molecule has 2 atom stereocenters. The van der Waals surface area contributed by atoms with Crippen molar-refractivity contribution in [2.45, 2.75) is 38.6 Å². The van der Waals surface area contributed by atoms with Gasteiger partial charge in [0.2, 0.25) is 0 Å². The van der Waals surface area contributed by atoms with E-state index in [-0.39, 0.29) is 18.0 Å². The van der Waals surface area contributed by atoms with Crippen molar-refractivity contribution in [1.29, 1.82) is 0 Å². The molecule has 0 unspecified atom stereocenters. The highest BCUT2D eigenvalue weighted by atomic mass is 19.4. The summed E-state index contributed by atoms with van der Waals surface area (Å²) in [5.41, 5.74) is -1.47. The fraction of sp³-hybridized carbons (Fsp3) is 0.600. The van der Waals surface area contributed by atoms with Crippen LogP contribution in [0.1, 0.15) is 31.4 Å². The quantitative estimate of drug-likeness (QED) is 0.846. The SMILES string of the molecule is C[C@H]1CN(Cc2ccc(C(F)(F)F)cc2F)CC[C@@]1(C)O. The maximum Gasteiger partial charge on any atom is 0.416 e. The predicted molar refractivity (Wildman–Crippen MR) is 71.1 cm³/mol. The molecule has 1 N–H and O–H groups in total. The molecule has 21 heavy (non-hydrogen) atoms.